The smallest absolute Gasteiger partial charge is 0.342 e. The molecule has 6 nitrogen and oxygen atoms in total. The van der Waals surface area contributed by atoms with E-state index in [4.69, 9.17) is 5.11 Å². The van der Waals surface area contributed by atoms with Crippen LogP contribution in [0.25, 0.3) is 0 Å². The van der Waals surface area contributed by atoms with Gasteiger partial charge in [-0.05, 0) is 49.1 Å². The second kappa shape index (κ2) is 4.47. The van der Waals surface area contributed by atoms with E-state index in [1.807, 2.05) is 0 Å². The molecule has 3 rings (SSSR count). The SMILES string of the molecule is O=C(O)c1ccc(NCC2(C3CC3)CC2)cc1[N+](=O)[O-]. The maximum Gasteiger partial charge on any atom is 0.342 e. The minimum atomic E-state index is -1.28. The minimum Gasteiger partial charge on any atom is -0.477 e. The molecule has 2 fully saturated rings. The molecule has 106 valence electrons. The van der Waals surface area contributed by atoms with E-state index in [0.29, 0.717) is 11.1 Å². The third-order valence-corrected chi connectivity index (χ3v) is 4.41. The molecule has 2 N–H and O–H groups in total. The first kappa shape index (κ1) is 12.9. The van der Waals surface area contributed by atoms with E-state index in [1.165, 1.54) is 37.8 Å². The zero-order chi connectivity index (χ0) is 14.3. The highest BCUT2D eigenvalue weighted by atomic mass is 16.6. The van der Waals surface area contributed by atoms with Gasteiger partial charge in [-0.2, -0.15) is 0 Å². The standard InChI is InChI=1S/C14H16N2O4/c17-13(18)11-4-3-10(7-12(11)16(19)20)15-8-14(5-6-14)9-1-2-9/h3-4,7,9,15H,1-2,5-6,8H2,(H,17,18). The Morgan fingerprint density at radius 2 is 2.15 bits per heavy atom. The summed E-state index contributed by atoms with van der Waals surface area (Å²) >= 11 is 0. The predicted octanol–water partition coefficient (Wildman–Crippen LogP) is 2.90. The van der Waals surface area contributed by atoms with Gasteiger partial charge in [0.05, 0.1) is 4.92 Å². The molecular formula is C14H16N2O4. The lowest BCUT2D eigenvalue weighted by atomic mass is 10.0. The molecule has 2 saturated carbocycles. The molecule has 0 atom stereocenters. The van der Waals surface area contributed by atoms with Gasteiger partial charge in [-0.15, -0.1) is 0 Å². The number of nitro benzene ring substituents is 1. The second-order valence-electron chi connectivity index (χ2n) is 5.78. The Balaban J connectivity index is 1.75. The van der Waals surface area contributed by atoms with E-state index in [0.717, 1.165) is 12.5 Å². The Morgan fingerprint density at radius 1 is 1.45 bits per heavy atom. The molecule has 0 amide bonds. The number of nitrogens with zero attached hydrogens (tertiary/aromatic N) is 1. The van der Waals surface area contributed by atoms with Crippen LogP contribution in [0.4, 0.5) is 11.4 Å². The average Bonchev–Trinajstić information content (AvgIpc) is 3.27. The van der Waals surface area contributed by atoms with Gasteiger partial charge in [0.2, 0.25) is 0 Å². The molecular weight excluding hydrogens is 260 g/mol. The fourth-order valence-corrected chi connectivity index (χ4v) is 2.84. The lowest BCUT2D eigenvalue weighted by molar-refractivity contribution is -0.385. The Labute approximate surface area is 115 Å². The number of benzene rings is 1. The van der Waals surface area contributed by atoms with Crippen LogP contribution in [0, 0.1) is 21.4 Å². The van der Waals surface area contributed by atoms with Gasteiger partial charge in [0.15, 0.2) is 0 Å². The average molecular weight is 276 g/mol. The molecule has 0 spiro atoms. The number of nitrogens with one attached hydrogen (secondary N) is 1. The molecule has 0 saturated heterocycles. The van der Waals surface area contributed by atoms with Crippen molar-refractivity contribution in [1.29, 1.82) is 0 Å². The molecule has 0 radical (unpaired) electrons. The van der Waals surface area contributed by atoms with Crippen molar-refractivity contribution in [2.75, 3.05) is 11.9 Å². The summed E-state index contributed by atoms with van der Waals surface area (Å²) in [5, 5.41) is 23.1. The predicted molar refractivity (Wildman–Crippen MR) is 72.9 cm³/mol. The van der Waals surface area contributed by atoms with E-state index >= 15 is 0 Å². The largest absolute Gasteiger partial charge is 0.477 e. The molecule has 1 aromatic rings. The lowest BCUT2D eigenvalue weighted by Gasteiger charge is -2.16. The number of rotatable bonds is 6. The molecule has 1 aromatic carbocycles. The molecule has 20 heavy (non-hydrogen) atoms. The minimum absolute atomic E-state index is 0.274. The number of carbonyl (C=O) groups is 1. The fraction of sp³-hybridized carbons (Fsp3) is 0.500. The van der Waals surface area contributed by atoms with Gasteiger partial charge in [0.25, 0.3) is 5.69 Å². The molecule has 0 bridgehead atoms. The highest BCUT2D eigenvalue weighted by Gasteiger charge is 2.53. The van der Waals surface area contributed by atoms with Crippen molar-refractivity contribution < 1.29 is 14.8 Å². The highest BCUT2D eigenvalue weighted by molar-refractivity contribution is 5.93. The van der Waals surface area contributed by atoms with Crippen LogP contribution in [-0.2, 0) is 0 Å². The van der Waals surface area contributed by atoms with Gasteiger partial charge in [-0.1, -0.05) is 0 Å². The number of nitro groups is 1. The van der Waals surface area contributed by atoms with Crippen LogP contribution < -0.4 is 5.32 Å². The first-order valence-electron chi connectivity index (χ1n) is 6.77. The number of carboxylic acids is 1. The van der Waals surface area contributed by atoms with Crippen molar-refractivity contribution in [3.05, 3.63) is 33.9 Å². The van der Waals surface area contributed by atoms with Crippen molar-refractivity contribution in [1.82, 2.24) is 0 Å². The van der Waals surface area contributed by atoms with Crippen molar-refractivity contribution in [3.8, 4) is 0 Å². The van der Waals surface area contributed by atoms with E-state index in [1.54, 1.807) is 6.07 Å². The Hall–Kier alpha value is -2.11. The molecule has 0 aliphatic heterocycles. The van der Waals surface area contributed by atoms with Gasteiger partial charge in [-0.25, -0.2) is 4.79 Å². The summed E-state index contributed by atoms with van der Waals surface area (Å²) < 4.78 is 0. The van der Waals surface area contributed by atoms with Crippen molar-refractivity contribution in [2.45, 2.75) is 25.7 Å². The Morgan fingerprint density at radius 3 is 2.65 bits per heavy atom. The van der Waals surface area contributed by atoms with Crippen molar-refractivity contribution in [3.63, 3.8) is 0 Å². The molecule has 2 aliphatic rings. The summed E-state index contributed by atoms with van der Waals surface area (Å²) in [5.74, 6) is -0.469. The van der Waals surface area contributed by atoms with E-state index < -0.39 is 10.9 Å². The third-order valence-electron chi connectivity index (χ3n) is 4.41. The number of hydrogen-bond acceptors (Lipinski definition) is 4. The van der Waals surface area contributed by atoms with Crippen LogP contribution in [0.15, 0.2) is 18.2 Å². The molecule has 2 aliphatic carbocycles. The quantitative estimate of drug-likeness (QED) is 0.615. The summed E-state index contributed by atoms with van der Waals surface area (Å²) in [7, 11) is 0. The molecule has 6 heteroatoms. The normalized spacial score (nSPS) is 19.4. The van der Waals surface area contributed by atoms with Gasteiger partial charge < -0.3 is 10.4 Å². The first-order chi connectivity index (χ1) is 9.52. The van der Waals surface area contributed by atoms with Crippen LogP contribution in [0.5, 0.6) is 0 Å². The van der Waals surface area contributed by atoms with Crippen molar-refractivity contribution >= 4 is 17.3 Å². The van der Waals surface area contributed by atoms with E-state index in [9.17, 15) is 14.9 Å². The second-order valence-corrected chi connectivity index (χ2v) is 5.78. The summed E-state index contributed by atoms with van der Waals surface area (Å²) in [6.07, 6.45) is 5.03. The molecule has 0 heterocycles. The van der Waals surface area contributed by atoms with Crippen LogP contribution >= 0.6 is 0 Å². The van der Waals surface area contributed by atoms with Crippen LogP contribution in [0.2, 0.25) is 0 Å². The lowest BCUT2D eigenvalue weighted by Crippen LogP contribution is -2.17. The zero-order valence-corrected chi connectivity index (χ0v) is 11.0. The van der Waals surface area contributed by atoms with Gasteiger partial charge in [0.1, 0.15) is 5.56 Å². The van der Waals surface area contributed by atoms with E-state index in [-0.39, 0.29) is 11.3 Å². The van der Waals surface area contributed by atoms with Gasteiger partial charge in [0, 0.05) is 18.3 Å². The van der Waals surface area contributed by atoms with Gasteiger partial charge >= 0.3 is 5.97 Å². The van der Waals surface area contributed by atoms with Crippen LogP contribution in [0.3, 0.4) is 0 Å². The summed E-state index contributed by atoms with van der Waals surface area (Å²) in [5.41, 5.74) is 0.372. The zero-order valence-electron chi connectivity index (χ0n) is 11.0. The number of anilines is 1. The summed E-state index contributed by atoms with van der Waals surface area (Å²) in [6.45, 7) is 0.821. The molecule has 0 unspecified atom stereocenters. The van der Waals surface area contributed by atoms with Crippen LogP contribution in [0.1, 0.15) is 36.0 Å². The maximum absolute atomic E-state index is 10.9. The first-order valence-corrected chi connectivity index (χ1v) is 6.77. The number of hydrogen-bond donors (Lipinski definition) is 2. The third kappa shape index (κ3) is 2.33. The topological polar surface area (TPSA) is 92.5 Å². The fourth-order valence-electron chi connectivity index (χ4n) is 2.84. The van der Waals surface area contributed by atoms with Crippen molar-refractivity contribution in [2.24, 2.45) is 11.3 Å². The molecule has 0 aromatic heterocycles. The number of carboxylic acid groups (broad SMARTS) is 1. The maximum atomic E-state index is 10.9. The summed E-state index contributed by atoms with van der Waals surface area (Å²) in [6, 6.07) is 4.20. The Bertz CT molecular complexity index is 577. The van der Waals surface area contributed by atoms with Crippen LogP contribution in [-0.4, -0.2) is 22.5 Å². The van der Waals surface area contributed by atoms with E-state index in [2.05, 4.69) is 5.32 Å². The number of aromatic carboxylic acids is 1. The highest BCUT2D eigenvalue weighted by Crippen LogP contribution is 2.61. The summed E-state index contributed by atoms with van der Waals surface area (Å²) in [4.78, 5) is 21.2. The monoisotopic (exact) mass is 276 g/mol. The Kier molecular flexibility index (Phi) is 2.88. The van der Waals surface area contributed by atoms with Gasteiger partial charge in [-0.3, -0.25) is 10.1 Å².